The van der Waals surface area contributed by atoms with E-state index in [0.717, 1.165) is 57.8 Å². The average molecular weight is 581 g/mol. The van der Waals surface area contributed by atoms with Crippen molar-refractivity contribution in [3.63, 3.8) is 0 Å². The zero-order chi connectivity index (χ0) is 30.2. The summed E-state index contributed by atoms with van der Waals surface area (Å²) in [6.45, 7) is 6.68. The van der Waals surface area contributed by atoms with E-state index in [9.17, 15) is 14.4 Å². The Kier molecular flexibility index (Phi) is 30.5. The van der Waals surface area contributed by atoms with Crippen LogP contribution in [0.4, 0.5) is 0 Å². The van der Waals surface area contributed by atoms with Crippen molar-refractivity contribution in [3.05, 3.63) is 0 Å². The Bertz CT molecular complexity index is 603. The maximum Gasteiger partial charge on any atom is 0.365 e. The summed E-state index contributed by atoms with van der Waals surface area (Å²) < 4.78 is 0. The zero-order valence-corrected chi connectivity index (χ0v) is 27.6. The summed E-state index contributed by atoms with van der Waals surface area (Å²) in [7, 11) is 0. The van der Waals surface area contributed by atoms with Crippen molar-refractivity contribution in [1.29, 1.82) is 0 Å². The summed E-state index contributed by atoms with van der Waals surface area (Å²) in [5.74, 6) is -2.08. The molecule has 0 aliphatic rings. The second-order valence-electron chi connectivity index (χ2n) is 12.3. The van der Waals surface area contributed by atoms with E-state index in [1.165, 1.54) is 109 Å². The van der Waals surface area contributed by atoms with Gasteiger partial charge in [0.25, 0.3) is 0 Å². The fourth-order valence-corrected chi connectivity index (χ4v) is 5.44. The van der Waals surface area contributed by atoms with Crippen LogP contribution in [-0.2, 0) is 24.2 Å². The molecule has 0 amide bonds. The average Bonchev–Trinajstić information content (AvgIpc) is 2.97. The number of rotatable bonds is 31. The monoisotopic (exact) mass is 581 g/mol. The fraction of sp³-hybridized carbons (Fsp3) is 0.917. The van der Waals surface area contributed by atoms with E-state index in [0.29, 0.717) is 12.8 Å². The van der Waals surface area contributed by atoms with Crippen LogP contribution in [0.25, 0.3) is 0 Å². The molecular weight excluding hydrogens is 512 g/mol. The Hall–Kier alpha value is -1.39. The maximum absolute atomic E-state index is 13.0. The molecule has 0 aliphatic heterocycles. The number of hydrogen-bond acceptors (Lipinski definition) is 5. The van der Waals surface area contributed by atoms with Gasteiger partial charge in [-0.2, -0.15) is 0 Å². The summed E-state index contributed by atoms with van der Waals surface area (Å²) in [6.07, 6.45) is 31.6. The third-order valence-electron chi connectivity index (χ3n) is 8.25. The van der Waals surface area contributed by atoms with Crippen LogP contribution in [0, 0.1) is 5.92 Å². The number of hydrogen-bond donors (Lipinski definition) is 0. The largest absolute Gasteiger partial charge is 0.365 e. The minimum atomic E-state index is -0.815. The molecule has 242 valence electrons. The summed E-state index contributed by atoms with van der Waals surface area (Å²) in [5, 5.41) is 0. The van der Waals surface area contributed by atoms with Crippen LogP contribution in [0.15, 0.2) is 0 Å². The Morgan fingerprint density at radius 2 is 0.756 bits per heavy atom. The normalized spacial score (nSPS) is 11.9. The second kappa shape index (κ2) is 31.5. The SMILES string of the molecule is CCCCCCCCCCCC(=O)OOC(=O)C(CCCCCCCCCC)C(=O)CCCCCCCCCCC. The highest BCUT2D eigenvalue weighted by Gasteiger charge is 2.29. The molecular formula is C36H68O5. The number of unbranched alkanes of at least 4 members (excludes halogenated alkanes) is 23. The van der Waals surface area contributed by atoms with Gasteiger partial charge in [-0.1, -0.05) is 175 Å². The highest BCUT2D eigenvalue weighted by molar-refractivity contribution is 5.98. The lowest BCUT2D eigenvalue weighted by atomic mass is 9.93. The Balaban J connectivity index is 4.34. The quantitative estimate of drug-likeness (QED) is 0.0353. The first-order valence-corrected chi connectivity index (χ1v) is 18.0. The van der Waals surface area contributed by atoms with Gasteiger partial charge in [0, 0.05) is 6.42 Å². The van der Waals surface area contributed by atoms with E-state index in [4.69, 9.17) is 9.78 Å². The van der Waals surface area contributed by atoms with Gasteiger partial charge in [-0.3, -0.25) is 4.79 Å². The van der Waals surface area contributed by atoms with Gasteiger partial charge >= 0.3 is 11.9 Å². The smallest absolute Gasteiger partial charge is 0.299 e. The summed E-state index contributed by atoms with van der Waals surface area (Å²) in [5.41, 5.74) is 0. The van der Waals surface area contributed by atoms with Crippen molar-refractivity contribution < 1.29 is 24.2 Å². The third kappa shape index (κ3) is 27.2. The minimum Gasteiger partial charge on any atom is -0.299 e. The van der Waals surface area contributed by atoms with Gasteiger partial charge in [0.15, 0.2) is 0 Å². The van der Waals surface area contributed by atoms with Crippen LogP contribution in [0.3, 0.4) is 0 Å². The molecule has 0 N–H and O–H groups in total. The topological polar surface area (TPSA) is 69.7 Å². The molecule has 41 heavy (non-hydrogen) atoms. The summed E-state index contributed by atoms with van der Waals surface area (Å²) >= 11 is 0. The number of Topliss-reactive ketones (excluding diaryl/α,β-unsaturated/α-hetero) is 1. The van der Waals surface area contributed by atoms with E-state index in [1.54, 1.807) is 0 Å². The van der Waals surface area contributed by atoms with Gasteiger partial charge in [0.1, 0.15) is 11.7 Å². The lowest BCUT2D eigenvalue weighted by Gasteiger charge is -2.14. The first kappa shape index (κ1) is 39.6. The molecule has 0 radical (unpaired) electrons. The third-order valence-corrected chi connectivity index (χ3v) is 8.25. The van der Waals surface area contributed by atoms with Crippen molar-refractivity contribution in [2.24, 2.45) is 5.92 Å². The molecule has 0 aromatic heterocycles. The highest BCUT2D eigenvalue weighted by Crippen LogP contribution is 2.20. The molecule has 0 saturated carbocycles. The molecule has 5 heteroatoms. The van der Waals surface area contributed by atoms with Gasteiger partial charge in [-0.05, 0) is 19.3 Å². The molecule has 0 aromatic rings. The molecule has 0 fully saturated rings. The van der Waals surface area contributed by atoms with Crippen molar-refractivity contribution in [1.82, 2.24) is 0 Å². The van der Waals surface area contributed by atoms with Gasteiger partial charge in [0.2, 0.25) is 0 Å². The molecule has 1 atom stereocenters. The Labute approximate surface area is 254 Å². The Morgan fingerprint density at radius 3 is 1.17 bits per heavy atom. The van der Waals surface area contributed by atoms with Gasteiger partial charge in [0.05, 0.1) is 6.42 Å². The first-order valence-electron chi connectivity index (χ1n) is 18.0. The molecule has 0 heterocycles. The highest BCUT2D eigenvalue weighted by atomic mass is 17.2. The van der Waals surface area contributed by atoms with E-state index < -0.39 is 17.9 Å². The number of ketones is 1. The zero-order valence-electron chi connectivity index (χ0n) is 27.6. The van der Waals surface area contributed by atoms with Crippen molar-refractivity contribution in [2.75, 3.05) is 0 Å². The van der Waals surface area contributed by atoms with Gasteiger partial charge in [-0.25, -0.2) is 19.4 Å². The standard InChI is InChI=1S/C36H68O5/c1-4-7-10-13-16-19-22-25-28-31-34(37)33(30-27-24-21-18-15-12-9-6-3)36(39)41-40-35(38)32-29-26-23-20-17-14-11-8-5-2/h33H,4-32H2,1-3H3. The van der Waals surface area contributed by atoms with Crippen LogP contribution in [0.2, 0.25) is 0 Å². The van der Waals surface area contributed by atoms with Gasteiger partial charge in [-0.15, -0.1) is 0 Å². The summed E-state index contributed by atoms with van der Waals surface area (Å²) in [6, 6.07) is 0. The maximum atomic E-state index is 13.0. The number of carbonyl (C=O) groups excluding carboxylic acids is 3. The molecule has 0 aliphatic carbocycles. The lowest BCUT2D eigenvalue weighted by molar-refractivity contribution is -0.262. The molecule has 0 aromatic carbocycles. The van der Waals surface area contributed by atoms with Crippen molar-refractivity contribution in [3.8, 4) is 0 Å². The molecule has 0 bridgehead atoms. The van der Waals surface area contributed by atoms with E-state index in [-0.39, 0.29) is 12.2 Å². The van der Waals surface area contributed by atoms with Crippen LogP contribution in [-0.4, -0.2) is 17.7 Å². The molecule has 5 nitrogen and oxygen atoms in total. The predicted molar refractivity (Wildman–Crippen MR) is 172 cm³/mol. The predicted octanol–water partition coefficient (Wildman–Crippen LogP) is 11.5. The fourth-order valence-electron chi connectivity index (χ4n) is 5.44. The van der Waals surface area contributed by atoms with Crippen LogP contribution in [0.5, 0.6) is 0 Å². The lowest BCUT2D eigenvalue weighted by Crippen LogP contribution is -2.27. The summed E-state index contributed by atoms with van der Waals surface area (Å²) in [4.78, 5) is 47.7. The Morgan fingerprint density at radius 1 is 0.415 bits per heavy atom. The van der Waals surface area contributed by atoms with Crippen LogP contribution >= 0.6 is 0 Å². The number of carbonyl (C=O) groups is 3. The van der Waals surface area contributed by atoms with Crippen LogP contribution < -0.4 is 0 Å². The van der Waals surface area contributed by atoms with Gasteiger partial charge < -0.3 is 0 Å². The molecule has 1 unspecified atom stereocenters. The van der Waals surface area contributed by atoms with Crippen LogP contribution in [0.1, 0.15) is 207 Å². The van der Waals surface area contributed by atoms with E-state index in [1.807, 2.05) is 0 Å². The molecule has 0 rings (SSSR count). The van der Waals surface area contributed by atoms with E-state index >= 15 is 0 Å². The second-order valence-corrected chi connectivity index (χ2v) is 12.3. The molecule has 0 spiro atoms. The van der Waals surface area contributed by atoms with E-state index in [2.05, 4.69) is 20.8 Å². The van der Waals surface area contributed by atoms with Crippen molar-refractivity contribution in [2.45, 2.75) is 207 Å². The molecule has 0 saturated heterocycles. The minimum absolute atomic E-state index is 0.0594. The van der Waals surface area contributed by atoms with Crippen molar-refractivity contribution >= 4 is 17.7 Å². The first-order chi connectivity index (χ1) is 20.1.